The Balaban J connectivity index is 1.63. The summed E-state index contributed by atoms with van der Waals surface area (Å²) in [5, 5.41) is 6.46. The Labute approximate surface area is 125 Å². The second-order valence-corrected chi connectivity index (χ2v) is 6.04. The third kappa shape index (κ3) is 2.40. The van der Waals surface area contributed by atoms with Gasteiger partial charge in [0, 0.05) is 22.9 Å². The van der Waals surface area contributed by atoms with Gasteiger partial charge in [0.1, 0.15) is 0 Å². The van der Waals surface area contributed by atoms with Crippen molar-refractivity contribution in [1.82, 2.24) is 9.97 Å². The summed E-state index contributed by atoms with van der Waals surface area (Å²) in [6, 6.07) is 9.39. The number of para-hydroxylation sites is 1. The lowest BCUT2D eigenvalue weighted by atomic mass is 10.1. The summed E-state index contributed by atoms with van der Waals surface area (Å²) in [7, 11) is 0. The SMILES string of the molecule is O=C(Nc1nc(C2CC2)cs1)c1ccnc2ccccc12. The summed E-state index contributed by atoms with van der Waals surface area (Å²) < 4.78 is 0. The number of pyridine rings is 1. The molecule has 3 aromatic rings. The van der Waals surface area contributed by atoms with Crippen LogP contribution in [0.3, 0.4) is 0 Å². The van der Waals surface area contributed by atoms with Crippen LogP contribution >= 0.6 is 11.3 Å². The number of thiazole rings is 1. The second-order valence-electron chi connectivity index (χ2n) is 5.18. The van der Waals surface area contributed by atoms with E-state index >= 15 is 0 Å². The Bertz CT molecular complexity index is 818. The van der Waals surface area contributed by atoms with Crippen LogP contribution in [0.1, 0.15) is 34.8 Å². The minimum Gasteiger partial charge on any atom is -0.298 e. The van der Waals surface area contributed by atoms with E-state index in [-0.39, 0.29) is 5.91 Å². The largest absolute Gasteiger partial charge is 0.298 e. The van der Waals surface area contributed by atoms with Crippen molar-refractivity contribution in [2.45, 2.75) is 18.8 Å². The smallest absolute Gasteiger partial charge is 0.258 e. The fourth-order valence-electron chi connectivity index (χ4n) is 2.37. The highest BCUT2D eigenvalue weighted by Crippen LogP contribution is 2.40. The standard InChI is InChI=1S/C16H13N3OS/c20-15(19-16-18-14(9-21-16)10-5-6-10)12-7-8-17-13-4-2-1-3-11(12)13/h1-4,7-10H,5-6H2,(H,18,19,20). The van der Waals surface area contributed by atoms with Gasteiger partial charge >= 0.3 is 0 Å². The van der Waals surface area contributed by atoms with E-state index in [9.17, 15) is 4.79 Å². The number of hydrogen-bond donors (Lipinski definition) is 1. The molecule has 0 spiro atoms. The Morgan fingerprint density at radius 3 is 2.95 bits per heavy atom. The number of carbonyl (C=O) groups is 1. The molecule has 2 aromatic heterocycles. The Morgan fingerprint density at radius 1 is 1.24 bits per heavy atom. The predicted octanol–water partition coefficient (Wildman–Crippen LogP) is 3.82. The molecule has 0 bridgehead atoms. The maximum Gasteiger partial charge on any atom is 0.258 e. The summed E-state index contributed by atoms with van der Waals surface area (Å²) in [5.41, 5.74) is 2.56. The van der Waals surface area contributed by atoms with Gasteiger partial charge in [-0.05, 0) is 25.0 Å². The average molecular weight is 295 g/mol. The zero-order valence-corrected chi connectivity index (χ0v) is 12.1. The third-order valence-electron chi connectivity index (χ3n) is 3.63. The molecule has 104 valence electrons. The van der Waals surface area contributed by atoms with Crippen LogP contribution < -0.4 is 5.32 Å². The highest BCUT2D eigenvalue weighted by atomic mass is 32.1. The molecule has 1 aromatic carbocycles. The number of nitrogens with one attached hydrogen (secondary N) is 1. The molecule has 1 amide bonds. The Kier molecular flexibility index (Phi) is 2.93. The Morgan fingerprint density at radius 2 is 2.10 bits per heavy atom. The first-order valence-electron chi connectivity index (χ1n) is 6.92. The predicted molar refractivity (Wildman–Crippen MR) is 83.8 cm³/mol. The third-order valence-corrected chi connectivity index (χ3v) is 4.41. The number of fused-ring (bicyclic) bond motifs is 1. The monoisotopic (exact) mass is 295 g/mol. The summed E-state index contributed by atoms with van der Waals surface area (Å²) >= 11 is 1.49. The zero-order valence-electron chi connectivity index (χ0n) is 11.2. The van der Waals surface area contributed by atoms with Gasteiger partial charge in [0.05, 0.1) is 16.8 Å². The van der Waals surface area contributed by atoms with E-state index in [0.29, 0.717) is 16.6 Å². The lowest BCUT2D eigenvalue weighted by molar-refractivity contribution is 0.102. The molecule has 0 unspecified atom stereocenters. The highest BCUT2D eigenvalue weighted by molar-refractivity contribution is 7.14. The molecular weight excluding hydrogens is 282 g/mol. The van der Waals surface area contributed by atoms with E-state index in [1.54, 1.807) is 12.3 Å². The molecule has 0 saturated heterocycles. The molecule has 0 aliphatic heterocycles. The summed E-state index contributed by atoms with van der Waals surface area (Å²) in [5.74, 6) is 0.471. The van der Waals surface area contributed by atoms with Crippen LogP contribution in [-0.2, 0) is 0 Å². The van der Waals surface area contributed by atoms with Crippen LogP contribution in [-0.4, -0.2) is 15.9 Å². The number of amides is 1. The van der Waals surface area contributed by atoms with Crippen molar-refractivity contribution in [3.63, 3.8) is 0 Å². The van der Waals surface area contributed by atoms with Crippen molar-refractivity contribution in [2.75, 3.05) is 5.32 Å². The van der Waals surface area contributed by atoms with Gasteiger partial charge in [0.2, 0.25) is 0 Å². The average Bonchev–Trinajstić information content (AvgIpc) is 3.27. The van der Waals surface area contributed by atoms with Gasteiger partial charge in [-0.25, -0.2) is 4.98 Å². The second kappa shape index (κ2) is 4.93. The van der Waals surface area contributed by atoms with E-state index in [1.807, 2.05) is 29.6 Å². The normalized spacial score (nSPS) is 14.3. The van der Waals surface area contributed by atoms with E-state index < -0.39 is 0 Å². The van der Waals surface area contributed by atoms with Crippen LogP contribution in [0.25, 0.3) is 10.9 Å². The van der Waals surface area contributed by atoms with Crippen molar-refractivity contribution < 1.29 is 4.79 Å². The van der Waals surface area contributed by atoms with Crippen LogP contribution in [0.2, 0.25) is 0 Å². The van der Waals surface area contributed by atoms with Crippen molar-refractivity contribution in [1.29, 1.82) is 0 Å². The van der Waals surface area contributed by atoms with Crippen LogP contribution in [0.4, 0.5) is 5.13 Å². The van der Waals surface area contributed by atoms with E-state index in [4.69, 9.17) is 0 Å². The van der Waals surface area contributed by atoms with Gasteiger partial charge in [-0.15, -0.1) is 11.3 Å². The van der Waals surface area contributed by atoms with E-state index in [0.717, 1.165) is 16.6 Å². The summed E-state index contributed by atoms with van der Waals surface area (Å²) in [4.78, 5) is 21.2. The van der Waals surface area contributed by atoms with Gasteiger partial charge < -0.3 is 0 Å². The molecule has 0 atom stereocenters. The van der Waals surface area contributed by atoms with Gasteiger partial charge in [0.25, 0.3) is 5.91 Å². The number of rotatable bonds is 3. The summed E-state index contributed by atoms with van der Waals surface area (Å²) in [6.45, 7) is 0. The maximum absolute atomic E-state index is 12.5. The van der Waals surface area contributed by atoms with Gasteiger partial charge in [0.15, 0.2) is 5.13 Å². The molecule has 1 aliphatic carbocycles. The molecule has 4 nitrogen and oxygen atoms in total. The molecule has 1 fully saturated rings. The van der Waals surface area contributed by atoms with Crippen molar-refractivity contribution in [3.8, 4) is 0 Å². The van der Waals surface area contributed by atoms with Crippen molar-refractivity contribution in [2.24, 2.45) is 0 Å². The minimum absolute atomic E-state index is 0.134. The minimum atomic E-state index is -0.134. The van der Waals surface area contributed by atoms with Gasteiger partial charge in [-0.2, -0.15) is 0 Å². The maximum atomic E-state index is 12.5. The molecule has 4 rings (SSSR count). The van der Waals surface area contributed by atoms with Crippen LogP contribution in [0.15, 0.2) is 41.9 Å². The molecular formula is C16H13N3OS. The fraction of sp³-hybridized carbons (Fsp3) is 0.188. The molecule has 0 radical (unpaired) electrons. The van der Waals surface area contributed by atoms with Crippen LogP contribution in [0.5, 0.6) is 0 Å². The van der Waals surface area contributed by atoms with Gasteiger partial charge in [-0.1, -0.05) is 18.2 Å². The van der Waals surface area contributed by atoms with Crippen LogP contribution in [0, 0.1) is 0 Å². The topological polar surface area (TPSA) is 54.9 Å². The number of aromatic nitrogens is 2. The van der Waals surface area contributed by atoms with Crippen molar-refractivity contribution >= 4 is 33.3 Å². The summed E-state index contributed by atoms with van der Waals surface area (Å²) in [6.07, 6.45) is 4.09. The van der Waals surface area contributed by atoms with Crippen molar-refractivity contribution in [3.05, 3.63) is 53.2 Å². The zero-order chi connectivity index (χ0) is 14.2. The van der Waals surface area contributed by atoms with E-state index in [1.165, 1.54) is 24.2 Å². The molecule has 21 heavy (non-hydrogen) atoms. The lowest BCUT2D eigenvalue weighted by Gasteiger charge is -2.05. The lowest BCUT2D eigenvalue weighted by Crippen LogP contribution is -2.12. The van der Waals surface area contributed by atoms with E-state index in [2.05, 4.69) is 15.3 Å². The number of benzene rings is 1. The first-order valence-corrected chi connectivity index (χ1v) is 7.80. The Hall–Kier alpha value is -2.27. The quantitative estimate of drug-likeness (QED) is 0.799. The number of hydrogen-bond acceptors (Lipinski definition) is 4. The fourth-order valence-corrected chi connectivity index (χ4v) is 3.16. The number of anilines is 1. The molecule has 1 saturated carbocycles. The number of carbonyl (C=O) groups excluding carboxylic acids is 1. The molecule has 2 heterocycles. The highest BCUT2D eigenvalue weighted by Gasteiger charge is 2.26. The number of nitrogens with zero attached hydrogens (tertiary/aromatic N) is 2. The first kappa shape index (κ1) is 12.5. The van der Waals surface area contributed by atoms with Gasteiger partial charge in [-0.3, -0.25) is 15.1 Å². The first-order chi connectivity index (χ1) is 10.3. The molecule has 1 aliphatic rings. The molecule has 1 N–H and O–H groups in total. The molecule has 5 heteroatoms.